The summed E-state index contributed by atoms with van der Waals surface area (Å²) in [5.74, 6) is 0.990. The lowest BCUT2D eigenvalue weighted by molar-refractivity contribution is 0.0650. The van der Waals surface area contributed by atoms with Crippen molar-refractivity contribution >= 4 is 11.3 Å². The number of thiophene rings is 1. The van der Waals surface area contributed by atoms with Gasteiger partial charge >= 0.3 is 0 Å². The normalized spacial score (nSPS) is 19.4. The van der Waals surface area contributed by atoms with E-state index < -0.39 is 0 Å². The summed E-state index contributed by atoms with van der Waals surface area (Å²) in [7, 11) is 0. The molecule has 2 heterocycles. The summed E-state index contributed by atoms with van der Waals surface area (Å²) in [4.78, 5) is 2.40. The molecular weight excluding hydrogens is 266 g/mol. The number of benzene rings is 1. The molecule has 1 fully saturated rings. The molecule has 1 atom stereocenters. The quantitative estimate of drug-likeness (QED) is 0.818. The Morgan fingerprint density at radius 1 is 1.20 bits per heavy atom. The molecule has 106 valence electrons. The Balaban J connectivity index is 1.61. The smallest absolute Gasteiger partial charge is 0.152 e. The molecule has 1 unspecified atom stereocenters. The van der Waals surface area contributed by atoms with E-state index >= 15 is 0 Å². The molecule has 1 aliphatic rings. The third-order valence-corrected chi connectivity index (χ3v) is 4.63. The Bertz CT molecular complexity index is 520. The Hall–Kier alpha value is -1.32. The van der Waals surface area contributed by atoms with Crippen molar-refractivity contribution in [2.75, 3.05) is 13.1 Å². The number of hydrogen-bond donors (Lipinski definition) is 0. The second-order valence-electron chi connectivity index (χ2n) is 5.30. The van der Waals surface area contributed by atoms with Crippen LogP contribution in [0.5, 0.6) is 5.75 Å². The molecule has 20 heavy (non-hydrogen) atoms. The van der Waals surface area contributed by atoms with E-state index in [9.17, 15) is 0 Å². The molecule has 2 nitrogen and oxygen atoms in total. The lowest BCUT2D eigenvalue weighted by Gasteiger charge is -2.23. The van der Waals surface area contributed by atoms with Gasteiger partial charge in [0.05, 0.1) is 0 Å². The van der Waals surface area contributed by atoms with Crippen LogP contribution >= 0.6 is 11.3 Å². The second-order valence-corrected chi connectivity index (χ2v) is 6.08. The van der Waals surface area contributed by atoms with Crippen molar-refractivity contribution in [2.24, 2.45) is 0 Å². The number of likely N-dealkylation sites (tertiary alicyclic amines) is 1. The third kappa shape index (κ3) is 3.22. The number of hydrogen-bond acceptors (Lipinski definition) is 3. The molecule has 1 aromatic carbocycles. The summed E-state index contributed by atoms with van der Waals surface area (Å²) in [5.41, 5.74) is 2.73. The highest BCUT2D eigenvalue weighted by Gasteiger charge is 2.24. The highest BCUT2D eigenvalue weighted by Crippen LogP contribution is 2.23. The van der Waals surface area contributed by atoms with Crippen molar-refractivity contribution in [2.45, 2.75) is 32.4 Å². The zero-order chi connectivity index (χ0) is 13.8. The van der Waals surface area contributed by atoms with Crippen LogP contribution in [0, 0.1) is 0 Å². The minimum Gasteiger partial charge on any atom is -0.475 e. The van der Waals surface area contributed by atoms with Gasteiger partial charge in [-0.25, -0.2) is 0 Å². The topological polar surface area (TPSA) is 12.5 Å². The second kappa shape index (κ2) is 6.42. The van der Waals surface area contributed by atoms with Crippen molar-refractivity contribution in [3.63, 3.8) is 0 Å². The lowest BCUT2D eigenvalue weighted by atomic mass is 10.1. The van der Waals surface area contributed by atoms with Crippen LogP contribution in [0.4, 0.5) is 0 Å². The molecule has 0 radical (unpaired) electrons. The molecule has 0 N–H and O–H groups in total. The van der Waals surface area contributed by atoms with Gasteiger partial charge in [-0.15, -0.1) is 0 Å². The Morgan fingerprint density at radius 2 is 2.05 bits per heavy atom. The van der Waals surface area contributed by atoms with Crippen molar-refractivity contribution in [1.82, 2.24) is 4.90 Å². The largest absolute Gasteiger partial charge is 0.475 e. The first-order valence-corrected chi connectivity index (χ1v) is 8.30. The first kappa shape index (κ1) is 13.7. The fraction of sp³-hybridized carbons (Fsp3) is 0.412. The molecule has 1 aliphatic heterocycles. The van der Waals surface area contributed by atoms with Crippen LogP contribution < -0.4 is 4.74 Å². The van der Waals surface area contributed by atoms with Gasteiger partial charge in [0.25, 0.3) is 0 Å². The van der Waals surface area contributed by atoms with Gasteiger partial charge in [0, 0.05) is 6.54 Å². The summed E-state index contributed by atoms with van der Waals surface area (Å²) in [5, 5.41) is 4.34. The molecule has 0 saturated carbocycles. The fourth-order valence-electron chi connectivity index (χ4n) is 2.76. The third-order valence-electron chi connectivity index (χ3n) is 3.89. The maximum atomic E-state index is 6.10. The van der Waals surface area contributed by atoms with E-state index in [2.05, 4.69) is 52.9 Å². The minimum absolute atomic E-state index is 0.266. The van der Waals surface area contributed by atoms with E-state index in [0.717, 1.165) is 31.7 Å². The highest BCUT2D eigenvalue weighted by atomic mass is 32.1. The first-order chi connectivity index (χ1) is 9.85. The summed E-state index contributed by atoms with van der Waals surface area (Å²) >= 11 is 1.76. The molecule has 0 spiro atoms. The average Bonchev–Trinajstić information content (AvgIpc) is 3.12. The lowest BCUT2D eigenvalue weighted by Crippen LogP contribution is -2.33. The molecule has 1 aromatic heterocycles. The Labute approximate surface area is 125 Å². The molecule has 2 aromatic rings. The highest BCUT2D eigenvalue weighted by molar-refractivity contribution is 7.07. The fourth-order valence-corrected chi connectivity index (χ4v) is 3.43. The van der Waals surface area contributed by atoms with Crippen LogP contribution in [0.2, 0.25) is 0 Å². The predicted molar refractivity (Wildman–Crippen MR) is 84.5 cm³/mol. The summed E-state index contributed by atoms with van der Waals surface area (Å²) in [6.07, 6.45) is 3.66. The van der Waals surface area contributed by atoms with Crippen LogP contribution in [0.15, 0.2) is 41.1 Å². The molecule has 0 amide bonds. The standard InChI is InChI=1S/C17H21NOS/c1-2-18-10-3-4-17(18)19-16-7-5-14(6-8-16)12-15-9-11-20-13-15/h5-9,11,13,17H,2-4,10,12H2,1H3. The van der Waals surface area contributed by atoms with Gasteiger partial charge in [-0.05, 0) is 65.9 Å². The molecule has 0 aliphatic carbocycles. The van der Waals surface area contributed by atoms with Crippen LogP contribution in [0.25, 0.3) is 0 Å². The van der Waals surface area contributed by atoms with Gasteiger partial charge in [-0.1, -0.05) is 19.1 Å². The van der Waals surface area contributed by atoms with Gasteiger partial charge in [-0.3, -0.25) is 4.90 Å². The van der Waals surface area contributed by atoms with Gasteiger partial charge in [-0.2, -0.15) is 11.3 Å². The molecule has 1 saturated heterocycles. The zero-order valence-electron chi connectivity index (χ0n) is 11.9. The first-order valence-electron chi connectivity index (χ1n) is 7.36. The zero-order valence-corrected chi connectivity index (χ0v) is 12.7. The van der Waals surface area contributed by atoms with Gasteiger partial charge in [0.1, 0.15) is 5.75 Å². The monoisotopic (exact) mass is 287 g/mol. The number of nitrogens with zero attached hydrogens (tertiary/aromatic N) is 1. The van der Waals surface area contributed by atoms with E-state index in [-0.39, 0.29) is 6.23 Å². The van der Waals surface area contributed by atoms with Crippen LogP contribution in [-0.4, -0.2) is 24.2 Å². The molecule has 0 bridgehead atoms. The van der Waals surface area contributed by atoms with E-state index in [1.165, 1.54) is 17.5 Å². The number of rotatable bonds is 5. The predicted octanol–water partition coefficient (Wildman–Crippen LogP) is 4.16. The molecular formula is C17H21NOS. The Morgan fingerprint density at radius 3 is 2.75 bits per heavy atom. The van der Waals surface area contributed by atoms with E-state index in [1.807, 2.05) is 0 Å². The Kier molecular flexibility index (Phi) is 4.38. The van der Waals surface area contributed by atoms with Crippen molar-refractivity contribution in [1.29, 1.82) is 0 Å². The van der Waals surface area contributed by atoms with E-state index in [4.69, 9.17) is 4.74 Å². The SMILES string of the molecule is CCN1CCCC1Oc1ccc(Cc2ccsc2)cc1. The van der Waals surface area contributed by atoms with Crippen molar-refractivity contribution in [3.05, 3.63) is 52.2 Å². The van der Waals surface area contributed by atoms with Crippen molar-refractivity contribution < 1.29 is 4.74 Å². The minimum atomic E-state index is 0.266. The van der Waals surface area contributed by atoms with E-state index in [1.54, 1.807) is 11.3 Å². The van der Waals surface area contributed by atoms with Gasteiger partial charge < -0.3 is 4.74 Å². The van der Waals surface area contributed by atoms with Gasteiger partial charge in [0.2, 0.25) is 0 Å². The van der Waals surface area contributed by atoms with Crippen LogP contribution in [0.1, 0.15) is 30.9 Å². The molecule has 3 rings (SSSR count). The maximum absolute atomic E-state index is 6.10. The van der Waals surface area contributed by atoms with Crippen LogP contribution in [-0.2, 0) is 6.42 Å². The number of ether oxygens (including phenoxy) is 1. The summed E-state index contributed by atoms with van der Waals surface area (Å²) in [6, 6.07) is 10.8. The maximum Gasteiger partial charge on any atom is 0.152 e. The average molecular weight is 287 g/mol. The summed E-state index contributed by atoms with van der Waals surface area (Å²) in [6.45, 7) is 4.43. The summed E-state index contributed by atoms with van der Waals surface area (Å²) < 4.78 is 6.10. The molecule has 3 heteroatoms. The van der Waals surface area contributed by atoms with Crippen LogP contribution in [0.3, 0.4) is 0 Å². The van der Waals surface area contributed by atoms with E-state index in [0.29, 0.717) is 0 Å². The van der Waals surface area contributed by atoms with Crippen molar-refractivity contribution in [3.8, 4) is 5.75 Å². The van der Waals surface area contributed by atoms with Gasteiger partial charge in [0.15, 0.2) is 6.23 Å².